The van der Waals surface area contributed by atoms with Crippen LogP contribution in [0.1, 0.15) is 41.5 Å². The lowest BCUT2D eigenvalue weighted by atomic mass is 10.1. The molecule has 0 unspecified atom stereocenters. The van der Waals surface area contributed by atoms with Gasteiger partial charge in [0, 0.05) is 25.8 Å². The molecule has 1 aliphatic rings. The molecule has 7 heteroatoms. The Kier molecular flexibility index (Phi) is 5.09. The third-order valence-electron chi connectivity index (χ3n) is 5.03. The molecule has 2 aromatic rings. The van der Waals surface area contributed by atoms with Crippen molar-refractivity contribution >= 4 is 21.6 Å². The number of nitrogens with one attached hydrogen (secondary N) is 1. The van der Waals surface area contributed by atoms with E-state index in [1.807, 2.05) is 19.1 Å². The van der Waals surface area contributed by atoms with Crippen molar-refractivity contribution in [2.45, 2.75) is 38.0 Å². The fourth-order valence-electron chi connectivity index (χ4n) is 3.36. The predicted molar refractivity (Wildman–Crippen MR) is 102 cm³/mol. The zero-order valence-electron chi connectivity index (χ0n) is 15.4. The summed E-state index contributed by atoms with van der Waals surface area (Å²) in [4.78, 5) is 14.6. The van der Waals surface area contributed by atoms with Gasteiger partial charge in [-0.2, -0.15) is 0 Å². The minimum absolute atomic E-state index is 0.108. The van der Waals surface area contributed by atoms with E-state index in [9.17, 15) is 13.2 Å². The highest BCUT2D eigenvalue weighted by Crippen LogP contribution is 2.26. The lowest BCUT2D eigenvalue weighted by molar-refractivity contribution is 0.0783. The zero-order chi connectivity index (χ0) is 18.9. The average Bonchev–Trinajstić information content (AvgIpc) is 3.24. The van der Waals surface area contributed by atoms with Crippen molar-refractivity contribution in [2.75, 3.05) is 17.8 Å². The number of hydrogen-bond acceptors (Lipinski definition) is 3. The Balaban J connectivity index is 1.95. The molecule has 2 heterocycles. The highest BCUT2D eigenvalue weighted by atomic mass is 32.2. The Bertz CT molecular complexity index is 926. The van der Waals surface area contributed by atoms with E-state index in [0.29, 0.717) is 17.1 Å². The molecular formula is C19H25N3O3S. The van der Waals surface area contributed by atoms with Crippen molar-refractivity contribution in [3.8, 4) is 0 Å². The topological polar surface area (TPSA) is 71.4 Å². The standard InChI is InChI=1S/C19H25N3O3S/c1-4-15-9-5-6-10-16(15)20-26(24,25)18-13-17(21(3)14(18)2)19(23)22-11-7-8-12-22/h5-6,9-10,13,20H,4,7-8,11-12H2,1-3H3. The molecule has 0 radical (unpaired) electrons. The Hall–Kier alpha value is -2.28. The number of carbonyl (C=O) groups is 1. The molecule has 3 rings (SSSR count). The summed E-state index contributed by atoms with van der Waals surface area (Å²) < 4.78 is 30.2. The van der Waals surface area contributed by atoms with E-state index in [0.717, 1.165) is 37.9 Å². The summed E-state index contributed by atoms with van der Waals surface area (Å²) in [6, 6.07) is 8.84. The molecule has 1 amide bonds. The van der Waals surface area contributed by atoms with Gasteiger partial charge >= 0.3 is 0 Å². The fraction of sp³-hybridized carbons (Fsp3) is 0.421. The average molecular weight is 375 g/mol. The van der Waals surface area contributed by atoms with Crippen LogP contribution in [0.2, 0.25) is 0 Å². The molecule has 1 aliphatic heterocycles. The second-order valence-corrected chi connectivity index (χ2v) is 8.30. The number of hydrogen-bond donors (Lipinski definition) is 1. The van der Waals surface area contributed by atoms with Gasteiger partial charge in [-0.25, -0.2) is 8.42 Å². The summed E-state index contributed by atoms with van der Waals surface area (Å²) in [7, 11) is -2.04. The van der Waals surface area contributed by atoms with E-state index in [1.165, 1.54) is 6.07 Å². The summed E-state index contributed by atoms with van der Waals surface area (Å²) in [5.74, 6) is -0.108. The minimum Gasteiger partial charge on any atom is -0.343 e. The van der Waals surface area contributed by atoms with Crippen LogP contribution in [0.4, 0.5) is 5.69 Å². The number of aryl methyl sites for hydroxylation is 1. The van der Waals surface area contributed by atoms with Crippen molar-refractivity contribution in [1.29, 1.82) is 0 Å². The minimum atomic E-state index is -3.78. The highest BCUT2D eigenvalue weighted by molar-refractivity contribution is 7.92. The van der Waals surface area contributed by atoms with Gasteiger partial charge in [-0.1, -0.05) is 25.1 Å². The number of sulfonamides is 1. The number of nitrogens with zero attached hydrogens (tertiary/aromatic N) is 2. The summed E-state index contributed by atoms with van der Waals surface area (Å²) in [5.41, 5.74) is 2.46. The van der Waals surface area contributed by atoms with E-state index in [1.54, 1.807) is 35.6 Å². The van der Waals surface area contributed by atoms with E-state index in [-0.39, 0.29) is 10.8 Å². The molecule has 1 aromatic carbocycles. The van der Waals surface area contributed by atoms with Crippen LogP contribution in [0.5, 0.6) is 0 Å². The maximum absolute atomic E-state index is 13.0. The van der Waals surface area contributed by atoms with Gasteiger partial charge < -0.3 is 9.47 Å². The van der Waals surface area contributed by atoms with Gasteiger partial charge in [0.2, 0.25) is 0 Å². The number of aromatic nitrogens is 1. The van der Waals surface area contributed by atoms with Crippen LogP contribution < -0.4 is 4.72 Å². The van der Waals surface area contributed by atoms with Crippen LogP contribution in [-0.2, 0) is 23.5 Å². The van der Waals surface area contributed by atoms with Gasteiger partial charge in [-0.05, 0) is 43.9 Å². The van der Waals surface area contributed by atoms with Crippen LogP contribution in [-0.4, -0.2) is 36.9 Å². The second-order valence-electron chi connectivity index (χ2n) is 6.65. The maximum atomic E-state index is 13.0. The smallest absolute Gasteiger partial charge is 0.270 e. The number of carbonyl (C=O) groups excluding carboxylic acids is 1. The number of amides is 1. The van der Waals surface area contributed by atoms with Crippen molar-refractivity contribution in [3.63, 3.8) is 0 Å². The first kappa shape index (κ1) is 18.5. The molecule has 140 valence electrons. The summed E-state index contributed by atoms with van der Waals surface area (Å²) in [6.07, 6.45) is 2.72. The van der Waals surface area contributed by atoms with E-state index < -0.39 is 10.0 Å². The SMILES string of the molecule is CCc1ccccc1NS(=O)(=O)c1cc(C(=O)N2CCCC2)n(C)c1C. The van der Waals surface area contributed by atoms with E-state index in [4.69, 9.17) is 0 Å². The molecule has 0 spiro atoms. The molecule has 0 aliphatic carbocycles. The number of likely N-dealkylation sites (tertiary alicyclic amines) is 1. The molecule has 1 N–H and O–H groups in total. The number of rotatable bonds is 5. The molecule has 26 heavy (non-hydrogen) atoms. The lowest BCUT2D eigenvalue weighted by Gasteiger charge is -2.15. The third kappa shape index (κ3) is 3.35. The van der Waals surface area contributed by atoms with Gasteiger partial charge in [-0.3, -0.25) is 9.52 Å². The molecule has 0 saturated carbocycles. The Morgan fingerprint density at radius 1 is 1.19 bits per heavy atom. The van der Waals surface area contributed by atoms with Crippen LogP contribution in [0, 0.1) is 6.92 Å². The van der Waals surface area contributed by atoms with Crippen molar-refractivity contribution < 1.29 is 13.2 Å². The Labute approximate surface area is 154 Å². The largest absolute Gasteiger partial charge is 0.343 e. The number of anilines is 1. The second kappa shape index (κ2) is 7.15. The maximum Gasteiger partial charge on any atom is 0.270 e. The van der Waals surface area contributed by atoms with Crippen LogP contribution >= 0.6 is 0 Å². The Morgan fingerprint density at radius 3 is 2.50 bits per heavy atom. The summed E-state index contributed by atoms with van der Waals surface area (Å²) >= 11 is 0. The zero-order valence-corrected chi connectivity index (χ0v) is 16.3. The van der Waals surface area contributed by atoms with Crippen molar-refractivity contribution in [3.05, 3.63) is 47.3 Å². The van der Waals surface area contributed by atoms with Gasteiger partial charge in [0.05, 0.1) is 5.69 Å². The van der Waals surface area contributed by atoms with E-state index >= 15 is 0 Å². The Morgan fingerprint density at radius 2 is 1.85 bits per heavy atom. The van der Waals surface area contributed by atoms with Crippen molar-refractivity contribution in [2.24, 2.45) is 7.05 Å². The first-order valence-electron chi connectivity index (χ1n) is 8.91. The molecule has 6 nitrogen and oxygen atoms in total. The quantitative estimate of drug-likeness (QED) is 0.873. The first-order chi connectivity index (χ1) is 12.3. The predicted octanol–water partition coefficient (Wildman–Crippen LogP) is 2.93. The molecule has 1 fully saturated rings. The number of benzene rings is 1. The van der Waals surface area contributed by atoms with Gasteiger partial charge in [0.1, 0.15) is 10.6 Å². The summed E-state index contributed by atoms with van der Waals surface area (Å²) in [5, 5.41) is 0. The molecular weight excluding hydrogens is 350 g/mol. The molecule has 1 saturated heterocycles. The summed E-state index contributed by atoms with van der Waals surface area (Å²) in [6.45, 7) is 5.16. The van der Waals surface area contributed by atoms with Crippen molar-refractivity contribution in [1.82, 2.24) is 9.47 Å². The van der Waals surface area contributed by atoms with E-state index in [2.05, 4.69) is 4.72 Å². The molecule has 0 bridgehead atoms. The fourth-order valence-corrected chi connectivity index (χ4v) is 4.75. The van der Waals surface area contributed by atoms with Crippen LogP contribution in [0.25, 0.3) is 0 Å². The lowest BCUT2D eigenvalue weighted by Crippen LogP contribution is -2.29. The van der Waals surface area contributed by atoms with Crippen LogP contribution in [0.15, 0.2) is 35.2 Å². The molecule has 0 atom stereocenters. The first-order valence-corrected chi connectivity index (χ1v) is 10.4. The number of para-hydroxylation sites is 1. The van der Waals surface area contributed by atoms with Gasteiger partial charge in [-0.15, -0.1) is 0 Å². The van der Waals surface area contributed by atoms with Gasteiger partial charge in [0.15, 0.2) is 0 Å². The highest BCUT2D eigenvalue weighted by Gasteiger charge is 2.28. The third-order valence-corrected chi connectivity index (χ3v) is 6.51. The monoisotopic (exact) mass is 375 g/mol. The normalized spacial score (nSPS) is 14.7. The van der Waals surface area contributed by atoms with Crippen LogP contribution in [0.3, 0.4) is 0 Å². The van der Waals surface area contributed by atoms with Gasteiger partial charge in [0.25, 0.3) is 15.9 Å². The molecule has 1 aromatic heterocycles.